The molecule has 0 saturated heterocycles. The third-order valence-electron chi connectivity index (χ3n) is 2.01. The molecule has 0 amide bonds. The summed E-state index contributed by atoms with van der Waals surface area (Å²) in [7, 11) is 0. The number of carbonyl (C=O) groups excluding carboxylic acids is 1. The molecule has 1 heterocycles. The number of hydrogen-bond acceptors (Lipinski definition) is 3. The summed E-state index contributed by atoms with van der Waals surface area (Å²) in [6.45, 7) is 0. The van der Waals surface area contributed by atoms with Gasteiger partial charge >= 0.3 is 0 Å². The molecule has 0 radical (unpaired) electrons. The topological polar surface area (TPSA) is 17.1 Å². The monoisotopic (exact) mass is 220 g/mol. The Morgan fingerprint density at radius 1 is 1.43 bits per heavy atom. The summed E-state index contributed by atoms with van der Waals surface area (Å²) in [5, 5.41) is 0. The Balaban J connectivity index is 2.38. The summed E-state index contributed by atoms with van der Waals surface area (Å²) in [6, 6.07) is 3.78. The van der Waals surface area contributed by atoms with Crippen LogP contribution in [0.5, 0.6) is 0 Å². The molecule has 0 atom stereocenters. The molecule has 3 heteroatoms. The highest BCUT2D eigenvalue weighted by atomic mass is 32.1. The van der Waals surface area contributed by atoms with E-state index in [4.69, 9.17) is 12.2 Å². The molecule has 1 aromatic heterocycles. The van der Waals surface area contributed by atoms with Crippen LogP contribution in [-0.2, 0) is 0 Å². The smallest absolute Gasteiger partial charge is 0.160 e. The molecule has 1 nitrogen and oxygen atoms in total. The van der Waals surface area contributed by atoms with E-state index in [1.807, 2.05) is 30.4 Å². The SMILES string of the molecule is O=Cc1ccc(C2=CC=CCC2=S)s1. The van der Waals surface area contributed by atoms with Gasteiger partial charge in [0.05, 0.1) is 4.88 Å². The molecule has 14 heavy (non-hydrogen) atoms. The summed E-state index contributed by atoms with van der Waals surface area (Å²) in [4.78, 5) is 13.3. The third kappa shape index (κ3) is 1.74. The Bertz CT molecular complexity index is 438. The van der Waals surface area contributed by atoms with Gasteiger partial charge in [-0.1, -0.05) is 30.4 Å². The minimum atomic E-state index is 0.748. The molecular weight excluding hydrogens is 212 g/mol. The average Bonchev–Trinajstić information content (AvgIpc) is 2.67. The first kappa shape index (κ1) is 9.49. The predicted octanol–water partition coefficient (Wildman–Crippen LogP) is 3.27. The van der Waals surface area contributed by atoms with E-state index in [0.717, 1.165) is 32.9 Å². The van der Waals surface area contributed by atoms with Gasteiger partial charge in [0.2, 0.25) is 0 Å². The lowest BCUT2D eigenvalue weighted by Gasteiger charge is -2.07. The number of hydrogen-bond donors (Lipinski definition) is 0. The Hall–Kier alpha value is -1.06. The standard InChI is InChI=1S/C11H8OS2/c12-7-8-5-6-11(14-8)9-3-1-2-4-10(9)13/h1-3,5-7H,4H2. The maximum Gasteiger partial charge on any atom is 0.160 e. The zero-order valence-corrected chi connectivity index (χ0v) is 9.03. The molecular formula is C11H8OS2. The molecule has 1 aliphatic carbocycles. The highest BCUT2D eigenvalue weighted by molar-refractivity contribution is 7.81. The van der Waals surface area contributed by atoms with Crippen LogP contribution in [0, 0.1) is 0 Å². The maximum atomic E-state index is 10.5. The van der Waals surface area contributed by atoms with Crippen LogP contribution in [0.2, 0.25) is 0 Å². The van der Waals surface area contributed by atoms with Crippen LogP contribution in [0.4, 0.5) is 0 Å². The van der Waals surface area contributed by atoms with Crippen LogP contribution in [0.1, 0.15) is 21.0 Å². The molecule has 70 valence electrons. The van der Waals surface area contributed by atoms with Gasteiger partial charge in [-0.15, -0.1) is 11.3 Å². The van der Waals surface area contributed by atoms with Crippen LogP contribution in [0.3, 0.4) is 0 Å². The van der Waals surface area contributed by atoms with E-state index in [0.29, 0.717) is 0 Å². The first-order valence-corrected chi connectivity index (χ1v) is 5.49. The van der Waals surface area contributed by atoms with Crippen molar-refractivity contribution in [1.82, 2.24) is 0 Å². The van der Waals surface area contributed by atoms with E-state index in [9.17, 15) is 4.79 Å². The minimum Gasteiger partial charge on any atom is -0.297 e. The highest BCUT2D eigenvalue weighted by Gasteiger charge is 2.10. The summed E-state index contributed by atoms with van der Waals surface area (Å²) in [6.07, 6.45) is 7.75. The largest absolute Gasteiger partial charge is 0.297 e. The number of thiophene rings is 1. The number of allylic oxidation sites excluding steroid dienone is 4. The van der Waals surface area contributed by atoms with E-state index in [1.54, 1.807) is 0 Å². The quantitative estimate of drug-likeness (QED) is 0.562. The summed E-state index contributed by atoms with van der Waals surface area (Å²) in [5.41, 5.74) is 1.08. The molecule has 2 rings (SSSR count). The van der Waals surface area contributed by atoms with E-state index in [1.165, 1.54) is 11.3 Å². The second-order valence-corrected chi connectivity index (χ2v) is 4.56. The summed E-state index contributed by atoms with van der Waals surface area (Å²) >= 11 is 6.74. The van der Waals surface area contributed by atoms with Gasteiger partial charge in [-0.3, -0.25) is 4.79 Å². The molecule has 0 bridgehead atoms. The Morgan fingerprint density at radius 3 is 2.93 bits per heavy atom. The van der Waals surface area contributed by atoms with Crippen molar-refractivity contribution < 1.29 is 4.79 Å². The Kier molecular flexibility index (Phi) is 2.70. The van der Waals surface area contributed by atoms with E-state index >= 15 is 0 Å². The lowest BCUT2D eigenvalue weighted by atomic mass is 10.0. The molecule has 0 unspecified atom stereocenters. The molecule has 1 aromatic rings. The average molecular weight is 220 g/mol. The van der Waals surface area contributed by atoms with E-state index in [2.05, 4.69) is 0 Å². The van der Waals surface area contributed by atoms with Gasteiger partial charge in [0, 0.05) is 21.7 Å². The van der Waals surface area contributed by atoms with Gasteiger partial charge in [-0.05, 0) is 12.1 Å². The third-order valence-corrected chi connectivity index (χ3v) is 3.44. The van der Waals surface area contributed by atoms with E-state index in [-0.39, 0.29) is 0 Å². The number of thiocarbonyl (C=S) groups is 1. The van der Waals surface area contributed by atoms with E-state index < -0.39 is 0 Å². The van der Waals surface area contributed by atoms with Crippen molar-refractivity contribution >= 4 is 40.3 Å². The van der Waals surface area contributed by atoms with Crippen LogP contribution in [0.15, 0.2) is 30.4 Å². The van der Waals surface area contributed by atoms with Crippen molar-refractivity contribution in [3.05, 3.63) is 40.1 Å². The van der Waals surface area contributed by atoms with Crippen LogP contribution in [-0.4, -0.2) is 11.2 Å². The molecule has 0 aliphatic heterocycles. The molecule has 0 spiro atoms. The van der Waals surface area contributed by atoms with Crippen molar-refractivity contribution in [3.8, 4) is 0 Å². The van der Waals surface area contributed by atoms with Crippen molar-refractivity contribution in [3.63, 3.8) is 0 Å². The first-order valence-electron chi connectivity index (χ1n) is 4.26. The minimum absolute atomic E-state index is 0.748. The predicted molar refractivity (Wildman–Crippen MR) is 64.0 cm³/mol. The fourth-order valence-corrected chi connectivity index (χ4v) is 2.54. The molecule has 0 N–H and O–H groups in total. The molecule has 0 fully saturated rings. The highest BCUT2D eigenvalue weighted by Crippen LogP contribution is 2.27. The fraction of sp³-hybridized carbons (Fsp3) is 0.0909. The lowest BCUT2D eigenvalue weighted by molar-refractivity contribution is 0.112. The lowest BCUT2D eigenvalue weighted by Crippen LogP contribution is -1.98. The second-order valence-electron chi connectivity index (χ2n) is 2.96. The van der Waals surface area contributed by atoms with Gasteiger partial charge in [-0.25, -0.2) is 0 Å². The van der Waals surface area contributed by atoms with Gasteiger partial charge in [0.15, 0.2) is 6.29 Å². The molecule has 0 saturated carbocycles. The second kappa shape index (κ2) is 3.98. The van der Waals surface area contributed by atoms with Gasteiger partial charge in [0.1, 0.15) is 0 Å². The summed E-state index contributed by atoms with van der Waals surface area (Å²) in [5.74, 6) is 0. The number of carbonyl (C=O) groups is 1. The van der Waals surface area contributed by atoms with Gasteiger partial charge in [0.25, 0.3) is 0 Å². The Labute approximate surface area is 91.8 Å². The van der Waals surface area contributed by atoms with Crippen LogP contribution < -0.4 is 0 Å². The zero-order chi connectivity index (χ0) is 9.97. The first-order chi connectivity index (χ1) is 6.81. The van der Waals surface area contributed by atoms with Crippen molar-refractivity contribution in [2.45, 2.75) is 6.42 Å². The maximum absolute atomic E-state index is 10.5. The van der Waals surface area contributed by atoms with Crippen LogP contribution in [0.25, 0.3) is 5.57 Å². The molecule has 1 aliphatic rings. The molecule has 0 aromatic carbocycles. The zero-order valence-electron chi connectivity index (χ0n) is 7.40. The van der Waals surface area contributed by atoms with Gasteiger partial charge < -0.3 is 0 Å². The van der Waals surface area contributed by atoms with Crippen molar-refractivity contribution in [2.24, 2.45) is 0 Å². The fourth-order valence-electron chi connectivity index (χ4n) is 1.32. The van der Waals surface area contributed by atoms with Crippen molar-refractivity contribution in [2.75, 3.05) is 0 Å². The number of rotatable bonds is 2. The summed E-state index contributed by atoms with van der Waals surface area (Å²) < 4.78 is 0. The van der Waals surface area contributed by atoms with Crippen LogP contribution >= 0.6 is 23.6 Å². The van der Waals surface area contributed by atoms with Crippen molar-refractivity contribution in [1.29, 1.82) is 0 Å². The Morgan fingerprint density at radius 2 is 2.29 bits per heavy atom. The van der Waals surface area contributed by atoms with Gasteiger partial charge in [-0.2, -0.15) is 0 Å². The normalized spacial score (nSPS) is 15.4. The number of aldehydes is 1.